The van der Waals surface area contributed by atoms with Crippen molar-refractivity contribution in [2.75, 3.05) is 11.9 Å². The number of carbonyl (C=O) groups excluding carboxylic acids is 1. The Bertz CT molecular complexity index is 1740. The molecule has 2 aliphatic heterocycles. The molecule has 2 unspecified atom stereocenters. The minimum absolute atomic E-state index is 0.0173. The molecule has 6 N–H and O–H groups in total. The normalized spacial score (nSPS) is 18.8. The van der Waals surface area contributed by atoms with Crippen LogP contribution in [0.4, 0.5) is 5.69 Å². The zero-order chi connectivity index (χ0) is 34.4. The van der Waals surface area contributed by atoms with Gasteiger partial charge in [-0.05, 0) is 79.8 Å². The number of anilines is 1. The predicted molar refractivity (Wildman–Crippen MR) is 183 cm³/mol. The number of aryl methyl sites for hydroxylation is 1. The van der Waals surface area contributed by atoms with Gasteiger partial charge in [0, 0.05) is 18.0 Å². The van der Waals surface area contributed by atoms with Crippen molar-refractivity contribution in [2.24, 2.45) is 0 Å². The van der Waals surface area contributed by atoms with E-state index in [-0.39, 0.29) is 29.0 Å². The lowest BCUT2D eigenvalue weighted by molar-refractivity contribution is -0.149. The third-order valence-corrected chi connectivity index (χ3v) is 11.2. The van der Waals surface area contributed by atoms with Crippen LogP contribution in [-0.4, -0.2) is 72.2 Å². The summed E-state index contributed by atoms with van der Waals surface area (Å²) in [7, 11) is -3.97. The highest BCUT2D eigenvalue weighted by molar-refractivity contribution is 7.97. The van der Waals surface area contributed by atoms with Gasteiger partial charge in [0.25, 0.3) is 0 Å². The maximum atomic E-state index is 13.3. The molecule has 2 heterocycles. The molecule has 1 amide bonds. The summed E-state index contributed by atoms with van der Waals surface area (Å²) in [4.78, 5) is 38.3. The van der Waals surface area contributed by atoms with Gasteiger partial charge in [-0.3, -0.25) is 14.9 Å². The number of likely N-dealkylation sites (tertiary alicyclic amines) is 1. The van der Waals surface area contributed by atoms with Crippen LogP contribution in [0.2, 0.25) is 5.02 Å². The summed E-state index contributed by atoms with van der Waals surface area (Å²) in [6, 6.07) is 17.2. The smallest absolute Gasteiger partial charge is 0.326 e. The van der Waals surface area contributed by atoms with Gasteiger partial charge in [-0.15, -0.1) is 0 Å². The number of carboxylic acid groups (broad SMARTS) is 2. The highest BCUT2D eigenvalue weighted by Gasteiger charge is 2.37. The van der Waals surface area contributed by atoms with E-state index in [9.17, 15) is 33.0 Å². The lowest BCUT2D eigenvalue weighted by Gasteiger charge is -2.28. The first-order valence-electron chi connectivity index (χ1n) is 15.6. The third-order valence-electron chi connectivity index (χ3n) is 8.40. The van der Waals surface area contributed by atoms with E-state index in [1.54, 1.807) is 30.3 Å². The van der Waals surface area contributed by atoms with Crippen LogP contribution in [0.5, 0.6) is 0 Å². The van der Waals surface area contributed by atoms with Gasteiger partial charge in [0.15, 0.2) is 0 Å². The number of halogens is 1. The molecular weight excluding hydrogens is 678 g/mol. The second-order valence-corrected chi connectivity index (χ2v) is 14.9. The van der Waals surface area contributed by atoms with Gasteiger partial charge in [-0.2, -0.15) is 0 Å². The highest BCUT2D eigenvalue weighted by atomic mass is 35.5. The molecule has 0 spiro atoms. The fraction of sp³-hybridized carbons (Fsp3) is 0.364. The quantitative estimate of drug-likeness (QED) is 0.134. The van der Waals surface area contributed by atoms with E-state index < -0.39 is 46.0 Å². The topological polar surface area (TPSA) is 177 Å². The molecule has 0 bridgehead atoms. The molecule has 1 saturated heterocycles. The predicted octanol–water partition coefficient (Wildman–Crippen LogP) is 3.85. The number of carbonyl (C=O) groups is 3. The summed E-state index contributed by atoms with van der Waals surface area (Å²) >= 11 is 7.81. The van der Waals surface area contributed by atoms with E-state index in [0.29, 0.717) is 35.4 Å². The fourth-order valence-corrected chi connectivity index (χ4v) is 8.28. The van der Waals surface area contributed by atoms with Crippen molar-refractivity contribution in [3.8, 4) is 0 Å². The molecule has 0 aliphatic carbocycles. The van der Waals surface area contributed by atoms with Crippen molar-refractivity contribution in [3.63, 3.8) is 0 Å². The monoisotopic (exact) mass is 715 g/mol. The first-order chi connectivity index (χ1) is 22.9. The van der Waals surface area contributed by atoms with E-state index in [4.69, 9.17) is 11.6 Å². The van der Waals surface area contributed by atoms with Crippen LogP contribution in [-0.2, 0) is 43.8 Å². The Morgan fingerprint density at radius 1 is 1.04 bits per heavy atom. The van der Waals surface area contributed by atoms with E-state index in [1.807, 2.05) is 18.2 Å². The molecule has 48 heavy (non-hydrogen) atoms. The molecule has 0 radical (unpaired) electrons. The number of rotatable bonds is 14. The summed E-state index contributed by atoms with van der Waals surface area (Å²) in [5.41, 5.74) is 3.28. The van der Waals surface area contributed by atoms with Crippen molar-refractivity contribution >= 4 is 57.1 Å². The van der Waals surface area contributed by atoms with E-state index in [2.05, 4.69) is 32.2 Å². The van der Waals surface area contributed by atoms with Gasteiger partial charge < -0.3 is 20.4 Å². The molecule has 256 valence electrons. The third kappa shape index (κ3) is 8.87. The molecule has 2 aliphatic rings. The SMILES string of the molecule is C[C@H](NC(Cc1ccc(CNS(=O)(=O)c2cc3c(cc2Cl)NC(CCc2ccccc2)NS3)cc1)C(=O)O)C(=O)N1CCC[C@H]1C(=O)O. The Hall–Kier alpha value is -3.66. The summed E-state index contributed by atoms with van der Waals surface area (Å²) in [5.74, 6) is -2.69. The molecule has 4 atom stereocenters. The maximum absolute atomic E-state index is 13.3. The number of nitrogens with zero attached hydrogens (tertiary/aromatic N) is 1. The molecule has 3 aromatic rings. The van der Waals surface area contributed by atoms with Crippen LogP contribution in [0.25, 0.3) is 0 Å². The van der Waals surface area contributed by atoms with E-state index >= 15 is 0 Å². The van der Waals surface area contributed by atoms with Crippen molar-refractivity contribution in [2.45, 2.75) is 79.7 Å². The van der Waals surface area contributed by atoms with Gasteiger partial charge in [0.05, 0.1) is 22.9 Å². The van der Waals surface area contributed by atoms with Gasteiger partial charge >= 0.3 is 11.9 Å². The van der Waals surface area contributed by atoms with Crippen molar-refractivity contribution in [1.29, 1.82) is 0 Å². The molecule has 0 aromatic heterocycles. The lowest BCUT2D eigenvalue weighted by atomic mass is 10.0. The van der Waals surface area contributed by atoms with Crippen molar-refractivity contribution < 1.29 is 33.0 Å². The van der Waals surface area contributed by atoms with Gasteiger partial charge in [-0.25, -0.2) is 22.7 Å². The molecule has 3 aromatic carbocycles. The number of hydrogen-bond donors (Lipinski definition) is 6. The van der Waals surface area contributed by atoms with Crippen LogP contribution in [0.15, 0.2) is 76.5 Å². The zero-order valence-electron chi connectivity index (χ0n) is 26.2. The number of hydrogen-bond acceptors (Lipinski definition) is 9. The number of carboxylic acids is 2. The minimum Gasteiger partial charge on any atom is -0.480 e. The Morgan fingerprint density at radius 2 is 1.75 bits per heavy atom. The molecule has 12 nitrogen and oxygen atoms in total. The van der Waals surface area contributed by atoms with Gasteiger partial charge in [0.2, 0.25) is 15.9 Å². The van der Waals surface area contributed by atoms with Crippen molar-refractivity contribution in [3.05, 3.63) is 88.4 Å². The van der Waals surface area contributed by atoms with Crippen LogP contribution in [0.3, 0.4) is 0 Å². The second-order valence-electron chi connectivity index (χ2n) is 11.9. The number of nitrogens with one attached hydrogen (secondary N) is 4. The number of fused-ring (bicyclic) bond motifs is 1. The molecule has 5 rings (SSSR count). The van der Waals surface area contributed by atoms with Crippen LogP contribution in [0, 0.1) is 0 Å². The maximum Gasteiger partial charge on any atom is 0.326 e. The van der Waals surface area contributed by atoms with Crippen molar-refractivity contribution in [1.82, 2.24) is 19.7 Å². The first-order valence-corrected chi connectivity index (χ1v) is 18.2. The largest absolute Gasteiger partial charge is 0.480 e. The average molecular weight is 716 g/mol. The number of aliphatic carboxylic acids is 2. The Kier molecular flexibility index (Phi) is 11.7. The van der Waals surface area contributed by atoms with E-state index in [1.165, 1.54) is 35.4 Å². The first kappa shape index (κ1) is 35.6. The number of amides is 1. The zero-order valence-corrected chi connectivity index (χ0v) is 28.6. The molecule has 0 saturated carbocycles. The van der Waals surface area contributed by atoms with Gasteiger partial charge in [-0.1, -0.05) is 66.2 Å². The minimum atomic E-state index is -3.97. The Morgan fingerprint density at radius 3 is 2.44 bits per heavy atom. The summed E-state index contributed by atoms with van der Waals surface area (Å²) in [5, 5.41) is 25.5. The van der Waals surface area contributed by atoms with Gasteiger partial charge in [0.1, 0.15) is 17.0 Å². The van der Waals surface area contributed by atoms with Crippen LogP contribution >= 0.6 is 23.5 Å². The highest BCUT2D eigenvalue weighted by Crippen LogP contribution is 2.37. The second kappa shape index (κ2) is 15.7. The number of benzene rings is 3. The Labute approximate surface area is 288 Å². The summed E-state index contributed by atoms with van der Waals surface area (Å²) in [6.07, 6.45) is 2.68. The average Bonchev–Trinajstić information content (AvgIpc) is 3.57. The van der Waals surface area contributed by atoms with Crippen LogP contribution < -0.4 is 20.1 Å². The summed E-state index contributed by atoms with van der Waals surface area (Å²) in [6.45, 7) is 1.82. The summed E-state index contributed by atoms with van der Waals surface area (Å²) < 4.78 is 32.4. The molecule has 15 heteroatoms. The van der Waals surface area contributed by atoms with Crippen LogP contribution in [0.1, 0.15) is 42.9 Å². The van der Waals surface area contributed by atoms with E-state index in [0.717, 1.165) is 18.5 Å². The molecule has 1 fully saturated rings. The Balaban J connectivity index is 1.15. The number of sulfonamides is 1. The molecular formula is C33H38ClN5O7S2. The fourth-order valence-electron chi connectivity index (χ4n) is 5.79. The standard InChI is InChI=1S/C33H38ClN5O7S2/c1-20(31(40)39-15-5-8-27(39)33(43)44)36-26(32(41)42)16-22-9-11-23(12-10-22)19-35-48(45,46)29-18-28-25(17-24(29)34)37-30(38-47-28)14-13-21-6-3-2-4-7-21/h2-4,6-7,9-12,17-18,20,26-27,30,35-38H,5,8,13-16,19H2,1H3,(H,41,42)(H,43,44)/t20-,26?,27-,30?/m0/s1. The lowest BCUT2D eigenvalue weighted by Crippen LogP contribution is -2.53.